The van der Waals surface area contributed by atoms with E-state index >= 15 is 0 Å². The Kier molecular flexibility index (Phi) is 5.45. The average molecular weight is 311 g/mol. The maximum absolute atomic E-state index is 11.2. The van der Waals surface area contributed by atoms with E-state index < -0.39 is 5.97 Å². The lowest BCUT2D eigenvalue weighted by Crippen LogP contribution is -2.35. The van der Waals surface area contributed by atoms with Crippen molar-refractivity contribution in [1.29, 1.82) is 0 Å². The van der Waals surface area contributed by atoms with Crippen molar-refractivity contribution in [3.8, 4) is 0 Å². The number of hydrogen-bond acceptors (Lipinski definition) is 3. The Morgan fingerprint density at radius 1 is 1.43 bits per heavy atom. The summed E-state index contributed by atoms with van der Waals surface area (Å²) < 4.78 is 0. The van der Waals surface area contributed by atoms with E-state index in [1.807, 2.05) is 6.07 Å². The minimum absolute atomic E-state index is 0.0540. The van der Waals surface area contributed by atoms with Gasteiger partial charge in [0.1, 0.15) is 5.82 Å². The molecule has 21 heavy (non-hydrogen) atoms. The third-order valence-corrected chi connectivity index (χ3v) is 4.35. The molecule has 0 saturated heterocycles. The molecule has 5 heteroatoms. The van der Waals surface area contributed by atoms with Crippen LogP contribution in [-0.4, -0.2) is 28.6 Å². The SMILES string of the molecule is CC(C)CCN(c1ccc(Cl)c(C(=O)O)n1)C1CCCC1. The number of rotatable bonds is 6. The average Bonchev–Trinajstić information content (AvgIpc) is 2.94. The number of aromatic nitrogens is 1. The summed E-state index contributed by atoms with van der Waals surface area (Å²) in [5.41, 5.74) is -0.0540. The monoisotopic (exact) mass is 310 g/mol. The van der Waals surface area contributed by atoms with Crippen molar-refractivity contribution in [3.05, 3.63) is 22.8 Å². The molecule has 1 aromatic rings. The molecule has 0 bridgehead atoms. The highest BCUT2D eigenvalue weighted by atomic mass is 35.5. The van der Waals surface area contributed by atoms with Crippen molar-refractivity contribution in [2.75, 3.05) is 11.4 Å². The zero-order chi connectivity index (χ0) is 15.4. The number of pyridine rings is 1. The molecule has 1 saturated carbocycles. The van der Waals surface area contributed by atoms with Gasteiger partial charge < -0.3 is 10.0 Å². The number of carboxylic acid groups (broad SMARTS) is 1. The Balaban J connectivity index is 2.26. The second-order valence-electron chi connectivity index (χ2n) is 6.12. The van der Waals surface area contributed by atoms with Crippen LogP contribution < -0.4 is 4.90 Å². The van der Waals surface area contributed by atoms with E-state index in [2.05, 4.69) is 23.7 Å². The fourth-order valence-corrected chi connectivity index (χ4v) is 3.03. The van der Waals surface area contributed by atoms with E-state index in [1.165, 1.54) is 12.8 Å². The summed E-state index contributed by atoms with van der Waals surface area (Å²) in [7, 11) is 0. The van der Waals surface area contributed by atoms with E-state index in [4.69, 9.17) is 11.6 Å². The molecule has 1 aromatic heterocycles. The van der Waals surface area contributed by atoms with Crippen LogP contribution in [0, 0.1) is 5.92 Å². The van der Waals surface area contributed by atoms with Gasteiger partial charge in [-0.2, -0.15) is 0 Å². The summed E-state index contributed by atoms with van der Waals surface area (Å²) in [6.07, 6.45) is 5.86. The van der Waals surface area contributed by atoms with Crippen molar-refractivity contribution in [1.82, 2.24) is 4.98 Å². The first-order valence-corrected chi connectivity index (χ1v) is 8.03. The van der Waals surface area contributed by atoms with Crippen LogP contribution in [-0.2, 0) is 0 Å². The number of nitrogens with zero attached hydrogens (tertiary/aromatic N) is 2. The quantitative estimate of drug-likeness (QED) is 0.854. The van der Waals surface area contributed by atoms with E-state index in [-0.39, 0.29) is 10.7 Å². The minimum atomic E-state index is -1.07. The Labute approximate surface area is 131 Å². The molecule has 1 N–H and O–H groups in total. The molecule has 0 aromatic carbocycles. The zero-order valence-corrected chi connectivity index (χ0v) is 13.4. The maximum atomic E-state index is 11.2. The summed E-state index contributed by atoms with van der Waals surface area (Å²) in [5.74, 6) is 0.279. The molecule has 1 aliphatic rings. The summed E-state index contributed by atoms with van der Waals surface area (Å²) in [4.78, 5) is 17.8. The van der Waals surface area contributed by atoms with E-state index in [0.717, 1.165) is 31.6 Å². The largest absolute Gasteiger partial charge is 0.476 e. The second-order valence-corrected chi connectivity index (χ2v) is 6.53. The number of anilines is 1. The van der Waals surface area contributed by atoms with Gasteiger partial charge in [0, 0.05) is 12.6 Å². The third-order valence-electron chi connectivity index (χ3n) is 4.04. The number of carboxylic acids is 1. The summed E-state index contributed by atoms with van der Waals surface area (Å²) in [6.45, 7) is 5.31. The van der Waals surface area contributed by atoms with Crippen LogP contribution in [0.3, 0.4) is 0 Å². The smallest absolute Gasteiger partial charge is 0.356 e. The molecule has 1 fully saturated rings. The van der Waals surface area contributed by atoms with Crippen LogP contribution in [0.4, 0.5) is 5.82 Å². The molecular formula is C16H23ClN2O2. The molecule has 0 amide bonds. The lowest BCUT2D eigenvalue weighted by molar-refractivity contribution is 0.0690. The van der Waals surface area contributed by atoms with Gasteiger partial charge in [-0.15, -0.1) is 0 Å². The zero-order valence-electron chi connectivity index (χ0n) is 12.7. The normalized spacial score (nSPS) is 15.6. The van der Waals surface area contributed by atoms with Gasteiger partial charge in [-0.3, -0.25) is 0 Å². The predicted molar refractivity (Wildman–Crippen MR) is 85.3 cm³/mol. The van der Waals surface area contributed by atoms with Gasteiger partial charge in [-0.1, -0.05) is 38.3 Å². The topological polar surface area (TPSA) is 53.4 Å². The van der Waals surface area contributed by atoms with Gasteiger partial charge in [0.05, 0.1) is 5.02 Å². The van der Waals surface area contributed by atoms with Crippen molar-refractivity contribution in [2.24, 2.45) is 5.92 Å². The molecule has 1 heterocycles. The first-order valence-electron chi connectivity index (χ1n) is 7.65. The van der Waals surface area contributed by atoms with Gasteiger partial charge >= 0.3 is 5.97 Å². The Bertz CT molecular complexity index is 499. The van der Waals surface area contributed by atoms with Crippen molar-refractivity contribution in [3.63, 3.8) is 0 Å². The molecule has 2 rings (SSSR count). The van der Waals surface area contributed by atoms with Gasteiger partial charge in [-0.25, -0.2) is 9.78 Å². The molecule has 0 unspecified atom stereocenters. The molecule has 0 spiro atoms. The number of hydrogen-bond donors (Lipinski definition) is 1. The van der Waals surface area contributed by atoms with Crippen LogP contribution in [0.5, 0.6) is 0 Å². The summed E-state index contributed by atoms with van der Waals surface area (Å²) >= 11 is 5.92. The van der Waals surface area contributed by atoms with Gasteiger partial charge in [0.25, 0.3) is 0 Å². The third kappa shape index (κ3) is 4.10. The fourth-order valence-electron chi connectivity index (χ4n) is 2.84. The second kappa shape index (κ2) is 7.12. The van der Waals surface area contributed by atoms with Crippen LogP contribution in [0.2, 0.25) is 5.02 Å². The Hall–Kier alpha value is -1.29. The number of halogens is 1. The van der Waals surface area contributed by atoms with Gasteiger partial charge in [-0.05, 0) is 37.3 Å². The fraction of sp³-hybridized carbons (Fsp3) is 0.625. The summed E-state index contributed by atoms with van der Waals surface area (Å²) in [5, 5.41) is 9.39. The Morgan fingerprint density at radius 2 is 2.10 bits per heavy atom. The highest BCUT2D eigenvalue weighted by Gasteiger charge is 2.25. The van der Waals surface area contributed by atoms with E-state index in [0.29, 0.717) is 12.0 Å². The lowest BCUT2D eigenvalue weighted by Gasteiger charge is -2.31. The first kappa shape index (κ1) is 16.1. The van der Waals surface area contributed by atoms with Crippen molar-refractivity contribution >= 4 is 23.4 Å². The van der Waals surface area contributed by atoms with Crippen LogP contribution in [0.25, 0.3) is 0 Å². The Morgan fingerprint density at radius 3 is 2.67 bits per heavy atom. The van der Waals surface area contributed by atoms with Crippen LogP contribution in [0.1, 0.15) is 56.4 Å². The maximum Gasteiger partial charge on any atom is 0.356 e. The van der Waals surface area contributed by atoms with Crippen LogP contribution >= 0.6 is 11.6 Å². The highest BCUT2D eigenvalue weighted by Crippen LogP contribution is 2.29. The standard InChI is InChI=1S/C16H23ClN2O2/c1-11(2)9-10-19(12-5-3-4-6-12)14-8-7-13(17)15(18-14)16(20)21/h7-8,11-12H,3-6,9-10H2,1-2H3,(H,20,21). The summed E-state index contributed by atoms with van der Waals surface area (Å²) in [6, 6.07) is 3.96. The van der Waals surface area contributed by atoms with Crippen LogP contribution in [0.15, 0.2) is 12.1 Å². The molecular weight excluding hydrogens is 288 g/mol. The molecule has 116 valence electrons. The van der Waals surface area contributed by atoms with Crippen molar-refractivity contribution in [2.45, 2.75) is 52.0 Å². The van der Waals surface area contributed by atoms with E-state index in [1.54, 1.807) is 6.07 Å². The lowest BCUT2D eigenvalue weighted by atomic mass is 10.1. The van der Waals surface area contributed by atoms with Crippen molar-refractivity contribution < 1.29 is 9.90 Å². The first-order chi connectivity index (χ1) is 9.99. The van der Waals surface area contributed by atoms with Gasteiger partial charge in [0.15, 0.2) is 5.69 Å². The highest BCUT2D eigenvalue weighted by molar-refractivity contribution is 6.33. The van der Waals surface area contributed by atoms with E-state index in [9.17, 15) is 9.90 Å². The molecule has 4 nitrogen and oxygen atoms in total. The van der Waals surface area contributed by atoms with Gasteiger partial charge in [0.2, 0.25) is 0 Å². The molecule has 0 radical (unpaired) electrons. The number of aromatic carboxylic acids is 1. The molecule has 0 aliphatic heterocycles. The molecule has 0 atom stereocenters. The predicted octanol–water partition coefficient (Wildman–Crippen LogP) is 4.23. The molecule has 1 aliphatic carbocycles. The minimum Gasteiger partial charge on any atom is -0.476 e. The number of carbonyl (C=O) groups is 1.